The normalized spacial score (nSPS) is 10.9. The van der Waals surface area contributed by atoms with E-state index in [1.54, 1.807) is 24.3 Å². The number of ether oxygens (including phenoxy) is 1. The van der Waals surface area contributed by atoms with Crippen LogP contribution in [0.5, 0.6) is 5.75 Å². The molecule has 0 aliphatic rings. The topological polar surface area (TPSA) is 64.1 Å². The molecule has 5 aromatic rings. The van der Waals surface area contributed by atoms with Crippen LogP contribution in [0.25, 0.3) is 22.0 Å². The number of carbonyl (C=O) groups is 1. The number of hydrogen-bond acceptors (Lipinski definition) is 4. The summed E-state index contributed by atoms with van der Waals surface area (Å²) in [7, 11) is 0. The van der Waals surface area contributed by atoms with Crippen molar-refractivity contribution in [2.24, 2.45) is 0 Å². The molecule has 0 spiro atoms. The molecule has 1 N–H and O–H groups in total. The van der Waals surface area contributed by atoms with E-state index in [0.717, 1.165) is 23.5 Å². The Kier molecular flexibility index (Phi) is 7.04. The predicted octanol–water partition coefficient (Wildman–Crippen LogP) is 6.84. The Balaban J connectivity index is 1.45. The van der Waals surface area contributed by atoms with E-state index in [1.165, 1.54) is 24.5 Å². The fourth-order valence-corrected chi connectivity index (χ4v) is 4.18. The number of rotatable bonds is 7. The van der Waals surface area contributed by atoms with Crippen LogP contribution in [0.4, 0.5) is 18.9 Å². The Hall–Kier alpha value is -4.72. The van der Waals surface area contributed by atoms with Crippen molar-refractivity contribution < 1.29 is 22.7 Å². The number of fused-ring (bicyclic) bond motifs is 1. The molecule has 0 atom stereocenters. The molecule has 0 aliphatic heterocycles. The number of amides is 1. The Labute approximate surface area is 217 Å². The highest BCUT2D eigenvalue weighted by molar-refractivity contribution is 5.90. The van der Waals surface area contributed by atoms with Crippen molar-refractivity contribution in [1.29, 1.82) is 0 Å². The molecule has 8 heteroatoms. The van der Waals surface area contributed by atoms with Crippen molar-refractivity contribution in [3.8, 4) is 16.9 Å². The third kappa shape index (κ3) is 5.20. The van der Waals surface area contributed by atoms with Crippen LogP contribution in [0.15, 0.2) is 85.2 Å². The number of nitrogens with one attached hydrogen (secondary N) is 1. The molecule has 0 saturated carbocycles. The number of nitrogens with zero attached hydrogens (tertiary/aromatic N) is 2. The maximum Gasteiger partial charge on any atom is 0.221 e. The van der Waals surface area contributed by atoms with Gasteiger partial charge in [0.25, 0.3) is 0 Å². The average Bonchev–Trinajstić information content (AvgIpc) is 2.93. The molecule has 0 aliphatic carbocycles. The van der Waals surface area contributed by atoms with Gasteiger partial charge in [-0.3, -0.25) is 9.78 Å². The van der Waals surface area contributed by atoms with Crippen LogP contribution in [-0.4, -0.2) is 15.9 Å². The number of anilines is 1. The Bertz CT molecular complexity index is 1620. The first-order valence-electron chi connectivity index (χ1n) is 11.8. The molecule has 190 valence electrons. The van der Waals surface area contributed by atoms with Crippen molar-refractivity contribution in [3.63, 3.8) is 0 Å². The molecular weight excluding hydrogens is 491 g/mol. The van der Waals surface area contributed by atoms with Crippen LogP contribution in [0, 0.1) is 17.5 Å². The van der Waals surface area contributed by atoms with Gasteiger partial charge < -0.3 is 10.1 Å². The van der Waals surface area contributed by atoms with Crippen molar-refractivity contribution in [3.05, 3.63) is 119 Å². The van der Waals surface area contributed by atoms with E-state index in [9.17, 15) is 4.79 Å². The minimum Gasteiger partial charge on any atom is -0.487 e. The van der Waals surface area contributed by atoms with Crippen molar-refractivity contribution in [2.45, 2.75) is 20.0 Å². The summed E-state index contributed by atoms with van der Waals surface area (Å²) in [6, 6.07) is 20.9. The van der Waals surface area contributed by atoms with Crippen LogP contribution >= 0.6 is 0 Å². The smallest absolute Gasteiger partial charge is 0.221 e. The van der Waals surface area contributed by atoms with Gasteiger partial charge in [-0.15, -0.1) is 0 Å². The van der Waals surface area contributed by atoms with E-state index in [2.05, 4.69) is 15.3 Å². The second-order valence-electron chi connectivity index (χ2n) is 8.70. The van der Waals surface area contributed by atoms with E-state index < -0.39 is 34.6 Å². The second-order valence-corrected chi connectivity index (χ2v) is 8.70. The minimum atomic E-state index is -1.20. The van der Waals surface area contributed by atoms with Gasteiger partial charge in [0.1, 0.15) is 23.9 Å². The number of carbonyl (C=O) groups excluding carboxylic acids is 1. The average molecular weight is 514 g/mol. The molecule has 0 saturated heterocycles. The number of pyridine rings is 2. The first kappa shape index (κ1) is 25.0. The fourth-order valence-electron chi connectivity index (χ4n) is 4.18. The summed E-state index contributed by atoms with van der Waals surface area (Å²) in [5, 5.41) is 3.18. The number of halogens is 3. The Morgan fingerprint density at radius 3 is 2.42 bits per heavy atom. The van der Waals surface area contributed by atoms with Crippen LogP contribution in [0.1, 0.15) is 23.7 Å². The fraction of sp³-hybridized carbons (Fsp3) is 0.100. The van der Waals surface area contributed by atoms with Crippen LogP contribution in [0.2, 0.25) is 0 Å². The van der Waals surface area contributed by atoms with Gasteiger partial charge in [-0.05, 0) is 41.5 Å². The SMILES string of the molecule is CC(=O)Nc1c(F)c(Cc2cccnc2)c(F)c(-c2ccc(OCc3ccc4ccccc4n3)cc2)c1F. The molecule has 0 radical (unpaired) electrons. The van der Waals surface area contributed by atoms with E-state index in [0.29, 0.717) is 11.3 Å². The van der Waals surface area contributed by atoms with Gasteiger partial charge in [0.15, 0.2) is 11.6 Å². The predicted molar refractivity (Wildman–Crippen MR) is 139 cm³/mol. The zero-order valence-electron chi connectivity index (χ0n) is 20.3. The minimum absolute atomic E-state index is 0.162. The lowest BCUT2D eigenvalue weighted by Gasteiger charge is -2.17. The van der Waals surface area contributed by atoms with E-state index in [1.807, 2.05) is 36.4 Å². The van der Waals surface area contributed by atoms with E-state index in [-0.39, 0.29) is 24.2 Å². The quantitative estimate of drug-likeness (QED) is 0.259. The standard InChI is InChI=1S/C30H22F3N3O2/c1-18(37)35-30-28(32)24(15-19-5-4-14-34-16-19)27(31)26(29(30)33)21-9-12-23(13-10-21)38-17-22-11-8-20-6-2-3-7-25(20)36-22/h2-14,16H,15,17H2,1H3,(H,35,37). The second kappa shape index (κ2) is 10.7. The number of benzene rings is 3. The van der Waals surface area contributed by atoms with Gasteiger partial charge in [-0.1, -0.05) is 42.5 Å². The van der Waals surface area contributed by atoms with Gasteiger partial charge in [0, 0.05) is 36.7 Å². The molecule has 5 nitrogen and oxygen atoms in total. The number of hydrogen-bond donors (Lipinski definition) is 1. The van der Waals surface area contributed by atoms with E-state index >= 15 is 13.2 Å². The zero-order chi connectivity index (χ0) is 26.6. The van der Waals surface area contributed by atoms with Crippen LogP contribution in [0.3, 0.4) is 0 Å². The highest BCUT2D eigenvalue weighted by Gasteiger charge is 2.26. The van der Waals surface area contributed by atoms with Gasteiger partial charge in [-0.25, -0.2) is 18.2 Å². The summed E-state index contributed by atoms with van der Waals surface area (Å²) in [5.74, 6) is -3.63. The largest absolute Gasteiger partial charge is 0.487 e. The maximum absolute atomic E-state index is 15.6. The summed E-state index contributed by atoms with van der Waals surface area (Å²) in [5.41, 5.74) is 0.748. The van der Waals surface area contributed by atoms with Crippen LogP contribution in [-0.2, 0) is 17.8 Å². The lowest BCUT2D eigenvalue weighted by atomic mass is 9.96. The zero-order valence-corrected chi connectivity index (χ0v) is 20.3. The van der Waals surface area contributed by atoms with Crippen molar-refractivity contribution >= 4 is 22.5 Å². The number of aromatic nitrogens is 2. The summed E-state index contributed by atoms with van der Waals surface area (Å²) in [4.78, 5) is 20.2. The van der Waals surface area contributed by atoms with Crippen molar-refractivity contribution in [2.75, 3.05) is 5.32 Å². The summed E-state index contributed by atoms with van der Waals surface area (Å²) < 4.78 is 52.1. The third-order valence-corrected chi connectivity index (χ3v) is 6.00. The lowest BCUT2D eigenvalue weighted by Crippen LogP contribution is -2.14. The highest BCUT2D eigenvalue weighted by Crippen LogP contribution is 2.37. The number of para-hydroxylation sites is 1. The highest BCUT2D eigenvalue weighted by atomic mass is 19.1. The maximum atomic E-state index is 15.6. The van der Waals surface area contributed by atoms with Crippen molar-refractivity contribution in [1.82, 2.24) is 9.97 Å². The Morgan fingerprint density at radius 1 is 0.895 bits per heavy atom. The summed E-state index contributed by atoms with van der Waals surface area (Å²) >= 11 is 0. The molecule has 0 bridgehead atoms. The first-order chi connectivity index (χ1) is 18.4. The molecule has 0 fully saturated rings. The molecule has 38 heavy (non-hydrogen) atoms. The third-order valence-electron chi connectivity index (χ3n) is 6.00. The van der Waals surface area contributed by atoms with Gasteiger partial charge in [-0.2, -0.15) is 0 Å². The lowest BCUT2D eigenvalue weighted by molar-refractivity contribution is -0.114. The van der Waals surface area contributed by atoms with Crippen LogP contribution < -0.4 is 10.1 Å². The molecular formula is C30H22F3N3O2. The molecule has 2 heterocycles. The molecule has 5 rings (SSSR count). The monoisotopic (exact) mass is 513 g/mol. The molecule has 3 aromatic carbocycles. The first-order valence-corrected chi connectivity index (χ1v) is 11.8. The molecule has 2 aromatic heterocycles. The van der Waals surface area contributed by atoms with Gasteiger partial charge >= 0.3 is 0 Å². The van der Waals surface area contributed by atoms with Gasteiger partial charge in [0.05, 0.1) is 16.8 Å². The molecule has 0 unspecified atom stereocenters. The summed E-state index contributed by atoms with van der Waals surface area (Å²) in [6.45, 7) is 1.32. The van der Waals surface area contributed by atoms with Gasteiger partial charge in [0.2, 0.25) is 5.91 Å². The van der Waals surface area contributed by atoms with E-state index in [4.69, 9.17) is 4.74 Å². The Morgan fingerprint density at radius 2 is 1.68 bits per heavy atom. The molecule has 1 amide bonds. The summed E-state index contributed by atoms with van der Waals surface area (Å²) in [6.07, 6.45) is 2.83.